The highest BCUT2D eigenvalue weighted by Crippen LogP contribution is 2.29. The fraction of sp³-hybridized carbons (Fsp3) is 0.923. The average Bonchev–Trinajstić information content (AvgIpc) is 2.94. The van der Waals surface area contributed by atoms with Crippen LogP contribution in [0.4, 0.5) is 4.79 Å². The second-order valence-corrected chi connectivity index (χ2v) is 5.32. The number of urea groups is 1. The molecule has 0 heterocycles. The van der Waals surface area contributed by atoms with Crippen LogP contribution in [0.15, 0.2) is 0 Å². The summed E-state index contributed by atoms with van der Waals surface area (Å²) >= 11 is 0. The molecule has 0 unspecified atom stereocenters. The summed E-state index contributed by atoms with van der Waals surface area (Å²) < 4.78 is 0. The number of hydrogen-bond acceptors (Lipinski definition) is 1. The Bertz CT molecular complexity index is 232. The number of carbonyl (C=O) groups is 1. The number of hydrogen-bond donors (Lipinski definition) is 1. The van der Waals surface area contributed by atoms with Gasteiger partial charge >= 0.3 is 6.03 Å². The molecule has 0 aromatic heterocycles. The summed E-state index contributed by atoms with van der Waals surface area (Å²) in [6, 6.07) is 0.631. The van der Waals surface area contributed by atoms with Crippen molar-refractivity contribution in [3.8, 4) is 0 Å². The number of nitrogens with one attached hydrogen (secondary N) is 1. The van der Waals surface area contributed by atoms with Gasteiger partial charge in [-0.2, -0.15) is 0 Å². The summed E-state index contributed by atoms with van der Waals surface area (Å²) in [5, 5.41) is 3.18. The van der Waals surface area contributed by atoms with Crippen LogP contribution in [0, 0.1) is 5.92 Å². The maximum atomic E-state index is 12.1. The molecule has 0 aromatic carbocycles. The van der Waals surface area contributed by atoms with Gasteiger partial charge in [0.15, 0.2) is 0 Å². The molecular formula is C13H24N2O. The number of amides is 2. The van der Waals surface area contributed by atoms with E-state index in [2.05, 4.69) is 12.2 Å². The Morgan fingerprint density at radius 1 is 1.25 bits per heavy atom. The van der Waals surface area contributed by atoms with Gasteiger partial charge < -0.3 is 10.2 Å². The maximum Gasteiger partial charge on any atom is 0.317 e. The van der Waals surface area contributed by atoms with Crippen molar-refractivity contribution in [2.45, 2.75) is 57.9 Å². The van der Waals surface area contributed by atoms with Crippen LogP contribution in [-0.4, -0.2) is 30.1 Å². The van der Waals surface area contributed by atoms with E-state index in [-0.39, 0.29) is 6.03 Å². The molecule has 2 amide bonds. The highest BCUT2D eigenvalue weighted by molar-refractivity contribution is 5.74. The van der Waals surface area contributed by atoms with E-state index in [9.17, 15) is 4.79 Å². The van der Waals surface area contributed by atoms with Crippen molar-refractivity contribution in [2.24, 2.45) is 5.92 Å². The maximum absolute atomic E-state index is 12.1. The molecule has 1 N–H and O–H groups in total. The molecule has 16 heavy (non-hydrogen) atoms. The normalized spacial score (nSPS) is 21.1. The Morgan fingerprint density at radius 3 is 2.50 bits per heavy atom. The van der Waals surface area contributed by atoms with Crippen LogP contribution in [0.25, 0.3) is 0 Å². The largest absolute Gasteiger partial charge is 0.335 e. The summed E-state index contributed by atoms with van der Waals surface area (Å²) in [5.41, 5.74) is 0. The summed E-state index contributed by atoms with van der Waals surface area (Å²) in [5.74, 6) is 0.792. The lowest BCUT2D eigenvalue weighted by Crippen LogP contribution is -2.45. The third-order valence-corrected chi connectivity index (χ3v) is 3.64. The van der Waals surface area contributed by atoms with Crippen LogP contribution >= 0.6 is 0 Å². The van der Waals surface area contributed by atoms with Crippen molar-refractivity contribution in [3.05, 3.63) is 0 Å². The van der Waals surface area contributed by atoms with Gasteiger partial charge in [-0.15, -0.1) is 0 Å². The van der Waals surface area contributed by atoms with Crippen molar-refractivity contribution in [1.82, 2.24) is 10.2 Å². The molecule has 0 aromatic rings. The first-order valence-electron chi connectivity index (χ1n) is 6.85. The highest BCUT2D eigenvalue weighted by Gasteiger charge is 2.27. The van der Waals surface area contributed by atoms with Crippen molar-refractivity contribution >= 4 is 6.03 Å². The van der Waals surface area contributed by atoms with Crippen LogP contribution in [0.1, 0.15) is 51.9 Å². The van der Waals surface area contributed by atoms with E-state index in [0.29, 0.717) is 6.04 Å². The lowest BCUT2D eigenvalue weighted by atomic mass is 10.2. The highest BCUT2D eigenvalue weighted by atomic mass is 16.2. The first-order chi connectivity index (χ1) is 7.79. The zero-order valence-corrected chi connectivity index (χ0v) is 10.4. The van der Waals surface area contributed by atoms with E-state index in [4.69, 9.17) is 0 Å². The van der Waals surface area contributed by atoms with Gasteiger partial charge in [0, 0.05) is 19.1 Å². The SMILES string of the molecule is CCCN(CC1CC1)C(=O)NC1CCCC1. The molecule has 2 aliphatic carbocycles. The van der Waals surface area contributed by atoms with Gasteiger partial charge in [-0.05, 0) is 38.0 Å². The van der Waals surface area contributed by atoms with Crippen LogP contribution < -0.4 is 5.32 Å². The third kappa shape index (κ3) is 3.39. The van der Waals surface area contributed by atoms with E-state index < -0.39 is 0 Å². The molecule has 3 nitrogen and oxygen atoms in total. The quantitative estimate of drug-likeness (QED) is 0.765. The minimum absolute atomic E-state index is 0.181. The second kappa shape index (κ2) is 5.55. The second-order valence-electron chi connectivity index (χ2n) is 5.32. The Balaban J connectivity index is 1.77. The molecule has 92 valence electrons. The number of nitrogens with zero attached hydrogens (tertiary/aromatic N) is 1. The Hall–Kier alpha value is -0.730. The van der Waals surface area contributed by atoms with Crippen molar-refractivity contribution in [2.75, 3.05) is 13.1 Å². The van der Waals surface area contributed by atoms with Gasteiger partial charge in [0.05, 0.1) is 0 Å². The van der Waals surface area contributed by atoms with E-state index in [1.807, 2.05) is 4.90 Å². The first kappa shape index (κ1) is 11.7. The number of carbonyl (C=O) groups excluding carboxylic acids is 1. The van der Waals surface area contributed by atoms with Gasteiger partial charge in [-0.1, -0.05) is 19.8 Å². The van der Waals surface area contributed by atoms with Crippen LogP contribution in [0.5, 0.6) is 0 Å². The van der Waals surface area contributed by atoms with Crippen LogP contribution in [0.3, 0.4) is 0 Å². The summed E-state index contributed by atoms with van der Waals surface area (Å²) in [6.07, 6.45) is 8.60. The molecule has 3 heteroatoms. The smallest absolute Gasteiger partial charge is 0.317 e. The van der Waals surface area contributed by atoms with Gasteiger partial charge in [0.2, 0.25) is 0 Å². The van der Waals surface area contributed by atoms with Crippen molar-refractivity contribution < 1.29 is 4.79 Å². The molecule has 0 spiro atoms. The Kier molecular flexibility index (Phi) is 4.08. The van der Waals surface area contributed by atoms with Crippen molar-refractivity contribution in [1.29, 1.82) is 0 Å². The molecule has 0 atom stereocenters. The molecule has 2 fully saturated rings. The Labute approximate surface area is 98.6 Å². The minimum atomic E-state index is 0.181. The van der Waals surface area contributed by atoms with E-state index in [1.54, 1.807) is 0 Å². The number of rotatable bonds is 5. The third-order valence-electron chi connectivity index (χ3n) is 3.64. The average molecular weight is 224 g/mol. The van der Waals surface area contributed by atoms with Crippen molar-refractivity contribution in [3.63, 3.8) is 0 Å². The molecular weight excluding hydrogens is 200 g/mol. The molecule has 0 radical (unpaired) electrons. The van der Waals surface area contributed by atoms with Crippen LogP contribution in [-0.2, 0) is 0 Å². The predicted molar refractivity (Wildman–Crippen MR) is 65.4 cm³/mol. The molecule has 0 bridgehead atoms. The van der Waals surface area contributed by atoms with E-state index in [1.165, 1.54) is 38.5 Å². The standard InChI is InChI=1S/C13H24N2O/c1-2-9-15(10-11-7-8-11)13(16)14-12-5-3-4-6-12/h11-12H,2-10H2,1H3,(H,14,16). The molecule has 0 aliphatic heterocycles. The zero-order valence-electron chi connectivity index (χ0n) is 10.4. The zero-order chi connectivity index (χ0) is 11.4. The summed E-state index contributed by atoms with van der Waals surface area (Å²) in [4.78, 5) is 14.1. The van der Waals surface area contributed by atoms with E-state index in [0.717, 1.165) is 25.4 Å². The summed E-state index contributed by atoms with van der Waals surface area (Å²) in [6.45, 7) is 4.03. The lowest BCUT2D eigenvalue weighted by Gasteiger charge is -2.24. The predicted octanol–water partition coefficient (Wildman–Crippen LogP) is 2.76. The first-order valence-corrected chi connectivity index (χ1v) is 6.85. The minimum Gasteiger partial charge on any atom is -0.335 e. The van der Waals surface area contributed by atoms with Gasteiger partial charge in [-0.25, -0.2) is 4.79 Å². The Morgan fingerprint density at radius 2 is 1.94 bits per heavy atom. The van der Waals surface area contributed by atoms with Gasteiger partial charge in [0.25, 0.3) is 0 Å². The van der Waals surface area contributed by atoms with E-state index >= 15 is 0 Å². The fourth-order valence-corrected chi connectivity index (χ4v) is 2.49. The van der Waals surface area contributed by atoms with Gasteiger partial charge in [-0.3, -0.25) is 0 Å². The monoisotopic (exact) mass is 224 g/mol. The molecule has 2 rings (SSSR count). The topological polar surface area (TPSA) is 32.3 Å². The van der Waals surface area contributed by atoms with Crippen LogP contribution in [0.2, 0.25) is 0 Å². The lowest BCUT2D eigenvalue weighted by molar-refractivity contribution is 0.191. The van der Waals surface area contributed by atoms with Gasteiger partial charge in [0.1, 0.15) is 0 Å². The fourth-order valence-electron chi connectivity index (χ4n) is 2.49. The molecule has 2 aliphatic rings. The molecule has 0 saturated heterocycles. The summed E-state index contributed by atoms with van der Waals surface area (Å²) in [7, 11) is 0. The molecule has 2 saturated carbocycles.